The SMILES string of the molecule is Cn1cncc1CNCc1sccc1Br. The van der Waals surface area contributed by atoms with E-state index in [1.807, 2.05) is 24.1 Å². The van der Waals surface area contributed by atoms with E-state index < -0.39 is 0 Å². The van der Waals surface area contributed by atoms with Crippen molar-refractivity contribution in [2.75, 3.05) is 0 Å². The van der Waals surface area contributed by atoms with Crippen LogP contribution < -0.4 is 5.32 Å². The Hall–Kier alpha value is -0.650. The fourth-order valence-electron chi connectivity index (χ4n) is 1.31. The van der Waals surface area contributed by atoms with E-state index in [9.17, 15) is 0 Å². The number of hydrogen-bond acceptors (Lipinski definition) is 3. The van der Waals surface area contributed by atoms with E-state index in [0.29, 0.717) is 0 Å². The zero-order valence-corrected chi connectivity index (χ0v) is 10.8. The van der Waals surface area contributed by atoms with Gasteiger partial charge in [-0.25, -0.2) is 4.98 Å². The lowest BCUT2D eigenvalue weighted by molar-refractivity contribution is 0.659. The van der Waals surface area contributed by atoms with E-state index in [4.69, 9.17) is 0 Å². The van der Waals surface area contributed by atoms with Crippen molar-refractivity contribution >= 4 is 27.3 Å². The number of hydrogen-bond donors (Lipinski definition) is 1. The summed E-state index contributed by atoms with van der Waals surface area (Å²) in [4.78, 5) is 5.40. The summed E-state index contributed by atoms with van der Waals surface area (Å²) in [6.45, 7) is 1.74. The maximum absolute atomic E-state index is 4.07. The molecule has 2 rings (SSSR count). The maximum atomic E-state index is 4.07. The number of halogens is 1. The third-order valence-electron chi connectivity index (χ3n) is 2.20. The predicted molar refractivity (Wildman–Crippen MR) is 65.8 cm³/mol. The van der Waals surface area contributed by atoms with Gasteiger partial charge in [-0.2, -0.15) is 0 Å². The van der Waals surface area contributed by atoms with E-state index >= 15 is 0 Å². The second-order valence-electron chi connectivity index (χ2n) is 3.29. The van der Waals surface area contributed by atoms with Crippen molar-refractivity contribution in [2.45, 2.75) is 13.1 Å². The molecule has 0 fully saturated rings. The normalized spacial score (nSPS) is 10.8. The number of imidazole rings is 1. The summed E-state index contributed by atoms with van der Waals surface area (Å²) in [7, 11) is 2.01. The highest BCUT2D eigenvalue weighted by Gasteiger charge is 2.01. The highest BCUT2D eigenvalue weighted by Crippen LogP contribution is 2.22. The summed E-state index contributed by atoms with van der Waals surface area (Å²) in [5.74, 6) is 0. The van der Waals surface area contributed by atoms with Crippen molar-refractivity contribution in [3.8, 4) is 0 Å². The Morgan fingerprint density at radius 3 is 3.00 bits per heavy atom. The molecule has 0 aliphatic heterocycles. The molecule has 2 heterocycles. The first-order valence-electron chi connectivity index (χ1n) is 4.65. The second-order valence-corrected chi connectivity index (χ2v) is 5.15. The van der Waals surface area contributed by atoms with Gasteiger partial charge in [-0.15, -0.1) is 11.3 Å². The highest BCUT2D eigenvalue weighted by atomic mass is 79.9. The van der Waals surface area contributed by atoms with E-state index in [1.165, 1.54) is 15.0 Å². The Morgan fingerprint density at radius 1 is 1.53 bits per heavy atom. The smallest absolute Gasteiger partial charge is 0.0945 e. The minimum absolute atomic E-state index is 0.848. The fourth-order valence-corrected chi connectivity index (χ4v) is 2.77. The van der Waals surface area contributed by atoms with Crippen LogP contribution in [0, 0.1) is 0 Å². The van der Waals surface area contributed by atoms with E-state index in [1.54, 1.807) is 11.3 Å². The van der Waals surface area contributed by atoms with E-state index in [0.717, 1.165) is 13.1 Å². The molecule has 1 N–H and O–H groups in total. The summed E-state index contributed by atoms with van der Waals surface area (Å²) in [6.07, 6.45) is 3.70. The third kappa shape index (κ3) is 2.68. The van der Waals surface area contributed by atoms with Gasteiger partial charge < -0.3 is 9.88 Å². The molecule has 0 amide bonds. The predicted octanol–water partition coefficient (Wildman–Crippen LogP) is 2.53. The van der Waals surface area contributed by atoms with Crippen LogP contribution in [0.15, 0.2) is 28.4 Å². The van der Waals surface area contributed by atoms with Crippen LogP contribution >= 0.6 is 27.3 Å². The van der Waals surface area contributed by atoms with Crippen LogP contribution in [0.1, 0.15) is 10.6 Å². The maximum Gasteiger partial charge on any atom is 0.0945 e. The first-order valence-corrected chi connectivity index (χ1v) is 6.32. The standard InChI is InChI=1S/C10H12BrN3S/c1-14-7-13-5-8(14)4-12-6-10-9(11)2-3-15-10/h2-3,5,7,12H,4,6H2,1H3. The molecular formula is C10H12BrN3S. The molecule has 0 saturated heterocycles. The second kappa shape index (κ2) is 4.92. The van der Waals surface area contributed by atoms with Gasteiger partial charge in [-0.05, 0) is 27.4 Å². The highest BCUT2D eigenvalue weighted by molar-refractivity contribution is 9.10. The van der Waals surface area contributed by atoms with Crippen molar-refractivity contribution in [2.24, 2.45) is 7.05 Å². The molecule has 0 saturated carbocycles. The van der Waals surface area contributed by atoms with Gasteiger partial charge in [0.15, 0.2) is 0 Å². The van der Waals surface area contributed by atoms with Crippen LogP contribution in [0.4, 0.5) is 0 Å². The average Bonchev–Trinajstić information content (AvgIpc) is 2.78. The van der Waals surface area contributed by atoms with Crippen molar-refractivity contribution in [3.63, 3.8) is 0 Å². The van der Waals surface area contributed by atoms with E-state index in [-0.39, 0.29) is 0 Å². The molecule has 3 nitrogen and oxygen atoms in total. The number of rotatable bonds is 4. The molecule has 0 unspecified atom stereocenters. The average molecular weight is 286 g/mol. The summed E-state index contributed by atoms with van der Waals surface area (Å²) in [5.41, 5.74) is 1.20. The summed E-state index contributed by atoms with van der Waals surface area (Å²) in [6, 6.07) is 2.08. The third-order valence-corrected chi connectivity index (χ3v) is 4.13. The molecule has 0 radical (unpaired) electrons. The fraction of sp³-hybridized carbons (Fsp3) is 0.300. The lowest BCUT2D eigenvalue weighted by atomic mass is 10.4. The molecular weight excluding hydrogens is 274 g/mol. The minimum atomic E-state index is 0.848. The minimum Gasteiger partial charge on any atom is -0.337 e. The monoisotopic (exact) mass is 285 g/mol. The number of nitrogens with one attached hydrogen (secondary N) is 1. The molecule has 0 aliphatic rings. The van der Waals surface area contributed by atoms with Gasteiger partial charge in [0.05, 0.1) is 12.0 Å². The zero-order chi connectivity index (χ0) is 10.7. The Kier molecular flexibility index (Phi) is 3.56. The van der Waals surface area contributed by atoms with Gasteiger partial charge in [-0.1, -0.05) is 0 Å². The van der Waals surface area contributed by atoms with Crippen molar-refractivity contribution in [1.82, 2.24) is 14.9 Å². The topological polar surface area (TPSA) is 29.9 Å². The molecule has 5 heteroatoms. The van der Waals surface area contributed by atoms with Crippen LogP contribution in [-0.4, -0.2) is 9.55 Å². The molecule has 2 aromatic heterocycles. The molecule has 2 aromatic rings. The molecule has 0 atom stereocenters. The van der Waals surface area contributed by atoms with Crippen LogP contribution in [0.2, 0.25) is 0 Å². The summed E-state index contributed by atoms with van der Waals surface area (Å²) >= 11 is 5.27. The van der Waals surface area contributed by atoms with Gasteiger partial charge in [0.2, 0.25) is 0 Å². The van der Waals surface area contributed by atoms with Crippen LogP contribution in [0.25, 0.3) is 0 Å². The van der Waals surface area contributed by atoms with Gasteiger partial charge in [0.25, 0.3) is 0 Å². The number of thiophene rings is 1. The molecule has 80 valence electrons. The largest absolute Gasteiger partial charge is 0.337 e. The number of aromatic nitrogens is 2. The molecule has 0 aliphatic carbocycles. The Labute approximate surface area is 101 Å². The number of nitrogens with zero attached hydrogens (tertiary/aromatic N) is 2. The molecule has 15 heavy (non-hydrogen) atoms. The van der Waals surface area contributed by atoms with E-state index in [2.05, 4.69) is 37.7 Å². The van der Waals surface area contributed by atoms with Crippen molar-refractivity contribution < 1.29 is 0 Å². The Morgan fingerprint density at radius 2 is 2.40 bits per heavy atom. The Balaban J connectivity index is 1.86. The first kappa shape index (κ1) is 10.9. The van der Waals surface area contributed by atoms with Gasteiger partial charge in [-0.3, -0.25) is 0 Å². The summed E-state index contributed by atoms with van der Waals surface area (Å²) < 4.78 is 3.21. The lowest BCUT2D eigenvalue weighted by Gasteiger charge is -2.04. The zero-order valence-electron chi connectivity index (χ0n) is 8.40. The van der Waals surface area contributed by atoms with Crippen LogP contribution in [0.5, 0.6) is 0 Å². The molecule has 0 aromatic carbocycles. The molecule has 0 spiro atoms. The molecule has 0 bridgehead atoms. The van der Waals surface area contributed by atoms with Crippen molar-refractivity contribution in [3.05, 3.63) is 39.0 Å². The van der Waals surface area contributed by atoms with Crippen LogP contribution in [-0.2, 0) is 20.1 Å². The van der Waals surface area contributed by atoms with Gasteiger partial charge in [0.1, 0.15) is 0 Å². The van der Waals surface area contributed by atoms with Crippen LogP contribution in [0.3, 0.4) is 0 Å². The van der Waals surface area contributed by atoms with Crippen molar-refractivity contribution in [1.29, 1.82) is 0 Å². The Bertz CT molecular complexity index is 395. The number of aryl methyl sites for hydroxylation is 1. The van der Waals surface area contributed by atoms with Gasteiger partial charge >= 0.3 is 0 Å². The van der Waals surface area contributed by atoms with Gasteiger partial charge in [0, 0.05) is 35.7 Å². The first-order chi connectivity index (χ1) is 7.27. The quantitative estimate of drug-likeness (QED) is 0.936. The summed E-state index contributed by atoms with van der Waals surface area (Å²) in [5, 5.41) is 5.48. The lowest BCUT2D eigenvalue weighted by Crippen LogP contribution is -2.14.